The van der Waals surface area contributed by atoms with Crippen molar-refractivity contribution in [1.82, 2.24) is 10.2 Å². The van der Waals surface area contributed by atoms with E-state index in [4.69, 9.17) is 5.73 Å². The Morgan fingerprint density at radius 2 is 2.08 bits per heavy atom. The zero-order chi connectivity index (χ0) is 9.90. The lowest BCUT2D eigenvalue weighted by Gasteiger charge is -2.05. The van der Waals surface area contributed by atoms with Crippen LogP contribution in [0.25, 0.3) is 0 Å². The summed E-state index contributed by atoms with van der Waals surface area (Å²) in [4.78, 5) is 0. The standard InChI is InChI=1S/C9H11N3O/c1-9(2,13)6-5-7-3-4-8(10)12-11-7/h3-4,13H,1-2H3,(H2,10,12). The minimum absolute atomic E-state index is 0.355. The Hall–Kier alpha value is -1.60. The number of aliphatic hydroxyl groups is 1. The Bertz CT molecular complexity index is 340. The molecule has 0 amide bonds. The van der Waals surface area contributed by atoms with Crippen LogP contribution in [0.15, 0.2) is 12.1 Å². The van der Waals surface area contributed by atoms with Gasteiger partial charge < -0.3 is 10.8 Å². The first-order chi connectivity index (χ1) is 5.97. The average molecular weight is 177 g/mol. The highest BCUT2D eigenvalue weighted by molar-refractivity contribution is 5.34. The minimum Gasteiger partial charge on any atom is -0.382 e. The highest BCUT2D eigenvalue weighted by atomic mass is 16.3. The van der Waals surface area contributed by atoms with Gasteiger partial charge in [-0.3, -0.25) is 0 Å². The summed E-state index contributed by atoms with van der Waals surface area (Å²) in [7, 11) is 0. The average Bonchev–Trinajstić information content (AvgIpc) is 2.02. The van der Waals surface area contributed by atoms with Crippen molar-refractivity contribution in [2.75, 3.05) is 5.73 Å². The summed E-state index contributed by atoms with van der Waals surface area (Å²) < 4.78 is 0. The maximum absolute atomic E-state index is 9.29. The van der Waals surface area contributed by atoms with Crippen molar-refractivity contribution < 1.29 is 5.11 Å². The van der Waals surface area contributed by atoms with Crippen molar-refractivity contribution in [1.29, 1.82) is 0 Å². The lowest BCUT2D eigenvalue weighted by Crippen LogP contribution is -2.14. The molecule has 4 nitrogen and oxygen atoms in total. The Morgan fingerprint density at radius 3 is 2.54 bits per heavy atom. The molecular weight excluding hydrogens is 166 g/mol. The van der Waals surface area contributed by atoms with E-state index in [-0.39, 0.29) is 0 Å². The summed E-state index contributed by atoms with van der Waals surface area (Å²) in [5.74, 6) is 5.66. The zero-order valence-corrected chi connectivity index (χ0v) is 7.57. The van der Waals surface area contributed by atoms with E-state index in [2.05, 4.69) is 22.0 Å². The Morgan fingerprint density at radius 1 is 1.38 bits per heavy atom. The fourth-order valence-corrected chi connectivity index (χ4v) is 0.626. The van der Waals surface area contributed by atoms with Gasteiger partial charge in [-0.1, -0.05) is 5.92 Å². The smallest absolute Gasteiger partial charge is 0.146 e. The Labute approximate surface area is 76.8 Å². The Balaban J connectivity index is 2.85. The molecule has 0 saturated heterocycles. The lowest BCUT2D eigenvalue weighted by atomic mass is 10.1. The van der Waals surface area contributed by atoms with E-state index in [1.54, 1.807) is 26.0 Å². The molecule has 0 spiro atoms. The normalized spacial score (nSPS) is 10.4. The zero-order valence-electron chi connectivity index (χ0n) is 7.57. The number of hydrogen-bond donors (Lipinski definition) is 2. The molecule has 1 aromatic heterocycles. The molecule has 1 heterocycles. The van der Waals surface area contributed by atoms with Gasteiger partial charge in [0, 0.05) is 0 Å². The predicted molar refractivity (Wildman–Crippen MR) is 49.6 cm³/mol. The van der Waals surface area contributed by atoms with Gasteiger partial charge >= 0.3 is 0 Å². The number of nitrogens with two attached hydrogens (primary N) is 1. The van der Waals surface area contributed by atoms with Crippen LogP contribution in [0.5, 0.6) is 0 Å². The van der Waals surface area contributed by atoms with Crippen molar-refractivity contribution in [2.24, 2.45) is 0 Å². The molecule has 0 radical (unpaired) electrons. The number of anilines is 1. The molecule has 4 heteroatoms. The van der Waals surface area contributed by atoms with Crippen molar-refractivity contribution in [3.8, 4) is 11.8 Å². The van der Waals surface area contributed by atoms with Gasteiger partial charge in [-0.2, -0.15) is 0 Å². The highest BCUT2D eigenvalue weighted by Gasteiger charge is 2.05. The van der Waals surface area contributed by atoms with Crippen LogP contribution in [0.4, 0.5) is 5.82 Å². The topological polar surface area (TPSA) is 72.0 Å². The number of nitrogens with zero attached hydrogens (tertiary/aromatic N) is 2. The van der Waals surface area contributed by atoms with E-state index in [1.165, 1.54) is 0 Å². The van der Waals surface area contributed by atoms with Gasteiger partial charge in [0.15, 0.2) is 0 Å². The lowest BCUT2D eigenvalue weighted by molar-refractivity contribution is 0.143. The number of rotatable bonds is 0. The van der Waals surface area contributed by atoms with E-state index in [0.29, 0.717) is 11.5 Å². The highest BCUT2D eigenvalue weighted by Crippen LogP contribution is 1.99. The summed E-state index contributed by atoms with van der Waals surface area (Å²) in [5, 5.41) is 16.6. The van der Waals surface area contributed by atoms with E-state index >= 15 is 0 Å². The first-order valence-electron chi connectivity index (χ1n) is 3.82. The third-order valence-corrected chi connectivity index (χ3v) is 1.18. The molecule has 0 atom stereocenters. The molecule has 0 aromatic carbocycles. The third kappa shape index (κ3) is 3.54. The molecule has 1 rings (SSSR count). The maximum Gasteiger partial charge on any atom is 0.146 e. The van der Waals surface area contributed by atoms with Gasteiger partial charge in [-0.15, -0.1) is 10.2 Å². The molecule has 0 bridgehead atoms. The van der Waals surface area contributed by atoms with E-state index in [9.17, 15) is 5.11 Å². The Kier molecular flexibility index (Phi) is 2.49. The molecule has 0 saturated carbocycles. The van der Waals surface area contributed by atoms with Gasteiger partial charge in [0.05, 0.1) is 0 Å². The summed E-state index contributed by atoms with van der Waals surface area (Å²) in [6.07, 6.45) is 0. The van der Waals surface area contributed by atoms with Crippen molar-refractivity contribution >= 4 is 5.82 Å². The fraction of sp³-hybridized carbons (Fsp3) is 0.333. The first-order valence-corrected chi connectivity index (χ1v) is 3.82. The molecule has 0 aliphatic carbocycles. The van der Waals surface area contributed by atoms with E-state index in [1.807, 2.05) is 0 Å². The maximum atomic E-state index is 9.29. The summed E-state index contributed by atoms with van der Waals surface area (Å²) in [6, 6.07) is 3.27. The van der Waals surface area contributed by atoms with Gasteiger partial charge in [0.25, 0.3) is 0 Å². The van der Waals surface area contributed by atoms with Crippen molar-refractivity contribution in [3.05, 3.63) is 17.8 Å². The van der Waals surface area contributed by atoms with Crippen molar-refractivity contribution in [3.63, 3.8) is 0 Å². The molecule has 13 heavy (non-hydrogen) atoms. The third-order valence-electron chi connectivity index (χ3n) is 1.18. The van der Waals surface area contributed by atoms with Crippen LogP contribution < -0.4 is 5.73 Å². The first kappa shape index (κ1) is 9.49. The second kappa shape index (κ2) is 3.42. The second-order valence-corrected chi connectivity index (χ2v) is 3.15. The summed E-state index contributed by atoms with van der Waals surface area (Å²) in [5.41, 5.74) is 4.82. The molecule has 3 N–H and O–H groups in total. The van der Waals surface area contributed by atoms with Gasteiger partial charge in [0.1, 0.15) is 17.1 Å². The van der Waals surface area contributed by atoms with Gasteiger partial charge in [-0.05, 0) is 31.9 Å². The van der Waals surface area contributed by atoms with Crippen molar-refractivity contribution in [2.45, 2.75) is 19.4 Å². The second-order valence-electron chi connectivity index (χ2n) is 3.15. The summed E-state index contributed by atoms with van der Waals surface area (Å²) >= 11 is 0. The van der Waals surface area contributed by atoms with Crippen LogP contribution in [-0.4, -0.2) is 20.9 Å². The predicted octanol–water partition coefficient (Wildman–Crippen LogP) is 0.181. The van der Waals surface area contributed by atoms with Crippen LogP contribution in [0.2, 0.25) is 0 Å². The molecule has 0 aliphatic heterocycles. The molecule has 0 fully saturated rings. The van der Waals surface area contributed by atoms with Gasteiger partial charge in [0.2, 0.25) is 0 Å². The molecule has 0 aliphatic rings. The monoisotopic (exact) mass is 177 g/mol. The summed E-state index contributed by atoms with van der Waals surface area (Å²) in [6.45, 7) is 3.20. The fourth-order valence-electron chi connectivity index (χ4n) is 0.626. The van der Waals surface area contributed by atoms with Crippen LogP contribution >= 0.6 is 0 Å². The molecular formula is C9H11N3O. The van der Waals surface area contributed by atoms with Gasteiger partial charge in [-0.25, -0.2) is 0 Å². The van der Waals surface area contributed by atoms with Crippen LogP contribution in [0, 0.1) is 11.8 Å². The van der Waals surface area contributed by atoms with Crippen LogP contribution in [-0.2, 0) is 0 Å². The molecule has 0 unspecified atom stereocenters. The number of hydrogen-bond acceptors (Lipinski definition) is 4. The van der Waals surface area contributed by atoms with Crippen LogP contribution in [0.3, 0.4) is 0 Å². The number of nitrogen functional groups attached to an aromatic ring is 1. The molecule has 68 valence electrons. The SMILES string of the molecule is CC(C)(O)C#Cc1ccc(N)nn1. The largest absolute Gasteiger partial charge is 0.382 e. The minimum atomic E-state index is -1.01. The van der Waals surface area contributed by atoms with Crippen LogP contribution in [0.1, 0.15) is 19.5 Å². The number of aromatic nitrogens is 2. The molecule has 1 aromatic rings. The quantitative estimate of drug-likeness (QED) is 0.554. The van der Waals surface area contributed by atoms with E-state index < -0.39 is 5.60 Å². The van der Waals surface area contributed by atoms with E-state index in [0.717, 1.165) is 0 Å².